The van der Waals surface area contributed by atoms with E-state index >= 15 is 0 Å². The molecule has 6 nitrogen and oxygen atoms in total. The van der Waals surface area contributed by atoms with E-state index in [1.807, 2.05) is 0 Å². The van der Waals surface area contributed by atoms with Crippen LogP contribution in [0.5, 0.6) is 0 Å². The van der Waals surface area contributed by atoms with Crippen LogP contribution in [0.25, 0.3) is 0 Å². The Bertz CT molecular complexity index is 341. The van der Waals surface area contributed by atoms with Crippen LogP contribution in [0.4, 0.5) is 0 Å². The average molecular weight is 234 g/mol. The summed E-state index contributed by atoms with van der Waals surface area (Å²) in [5, 5.41) is 20.7. The van der Waals surface area contributed by atoms with E-state index in [2.05, 4.69) is 0 Å². The summed E-state index contributed by atoms with van der Waals surface area (Å²) in [5.74, 6) is -4.62. The fraction of sp³-hybridized carbons (Fsp3) is 0.750. The van der Waals surface area contributed by atoms with Gasteiger partial charge in [-0.2, -0.15) is 0 Å². The van der Waals surface area contributed by atoms with Gasteiger partial charge in [-0.05, 0) is 24.7 Å². The van der Waals surface area contributed by atoms with Gasteiger partial charge in [0.05, 0.1) is 11.5 Å². The summed E-state index contributed by atoms with van der Waals surface area (Å²) in [7, 11) is -3.32. The third-order valence-electron chi connectivity index (χ3n) is 2.46. The van der Waals surface area contributed by atoms with E-state index in [-0.39, 0.29) is 11.5 Å². The predicted molar refractivity (Wildman–Crippen MR) is 44.9 cm³/mol. The first-order valence-corrected chi connectivity index (χ1v) is 6.22. The average Bonchev–Trinajstić information content (AvgIpc) is 2.22. The van der Waals surface area contributed by atoms with Gasteiger partial charge in [0, 0.05) is 11.9 Å². The number of rotatable bonds is 4. The molecule has 7 heteroatoms. The lowest BCUT2D eigenvalue weighted by Crippen LogP contribution is -2.31. The standard InChI is InChI=1S/C8H12O6S/c9-7(10)1-5-3-15(13,14)4-6(5)2-8(11)12/h5-6H,1-4H2,(H,9,10)(H,11,12)/p-2. The molecular formula is C8H10O6S-2. The van der Waals surface area contributed by atoms with E-state index in [0.717, 1.165) is 0 Å². The maximum Gasteiger partial charge on any atom is 0.150 e. The second-order valence-electron chi connectivity index (χ2n) is 3.75. The van der Waals surface area contributed by atoms with Gasteiger partial charge in [0.2, 0.25) is 0 Å². The summed E-state index contributed by atoms with van der Waals surface area (Å²) in [5.41, 5.74) is 0. The Morgan fingerprint density at radius 3 is 1.60 bits per heavy atom. The van der Waals surface area contributed by atoms with Crippen LogP contribution in [0.3, 0.4) is 0 Å². The van der Waals surface area contributed by atoms with Gasteiger partial charge in [0.15, 0.2) is 9.84 Å². The quantitative estimate of drug-likeness (QED) is 0.509. The van der Waals surface area contributed by atoms with Gasteiger partial charge in [0.1, 0.15) is 0 Å². The zero-order valence-electron chi connectivity index (χ0n) is 7.84. The van der Waals surface area contributed by atoms with E-state index in [4.69, 9.17) is 0 Å². The third kappa shape index (κ3) is 3.50. The Morgan fingerprint density at radius 2 is 1.33 bits per heavy atom. The lowest BCUT2D eigenvalue weighted by atomic mass is 9.90. The van der Waals surface area contributed by atoms with Gasteiger partial charge in [0.25, 0.3) is 0 Å². The van der Waals surface area contributed by atoms with Crippen LogP contribution in [0.2, 0.25) is 0 Å². The van der Waals surface area contributed by atoms with Crippen molar-refractivity contribution < 1.29 is 28.2 Å². The van der Waals surface area contributed by atoms with Crippen molar-refractivity contribution in [3.63, 3.8) is 0 Å². The van der Waals surface area contributed by atoms with Crippen molar-refractivity contribution in [2.45, 2.75) is 12.8 Å². The predicted octanol–water partition coefficient (Wildman–Crippen LogP) is -3.07. The van der Waals surface area contributed by atoms with Crippen LogP contribution in [0.1, 0.15) is 12.8 Å². The van der Waals surface area contributed by atoms with Crippen LogP contribution >= 0.6 is 0 Å². The van der Waals surface area contributed by atoms with Crippen molar-refractivity contribution >= 4 is 21.8 Å². The molecule has 15 heavy (non-hydrogen) atoms. The molecule has 86 valence electrons. The number of carboxylic acids is 2. The van der Waals surface area contributed by atoms with Crippen LogP contribution in [0.15, 0.2) is 0 Å². The summed E-state index contributed by atoms with van der Waals surface area (Å²) < 4.78 is 22.4. The minimum atomic E-state index is -3.32. The Balaban J connectivity index is 2.74. The smallest absolute Gasteiger partial charge is 0.150 e. The molecule has 0 radical (unpaired) electrons. The molecule has 1 fully saturated rings. The highest BCUT2D eigenvalue weighted by atomic mass is 32.2. The Kier molecular flexibility index (Phi) is 3.33. The van der Waals surface area contributed by atoms with Gasteiger partial charge in [-0.15, -0.1) is 0 Å². The Hall–Kier alpha value is -1.11. The van der Waals surface area contributed by atoms with Crippen molar-refractivity contribution in [1.29, 1.82) is 0 Å². The highest BCUT2D eigenvalue weighted by molar-refractivity contribution is 7.91. The van der Waals surface area contributed by atoms with Gasteiger partial charge < -0.3 is 19.8 Å². The first kappa shape index (κ1) is 12.0. The largest absolute Gasteiger partial charge is 0.550 e. The van der Waals surface area contributed by atoms with Crippen LogP contribution in [0, 0.1) is 11.8 Å². The van der Waals surface area contributed by atoms with Crippen LogP contribution in [-0.4, -0.2) is 31.9 Å². The summed E-state index contributed by atoms with van der Waals surface area (Å²) in [4.78, 5) is 20.7. The molecule has 1 aliphatic heterocycles. The first-order chi connectivity index (χ1) is 6.80. The van der Waals surface area contributed by atoms with Gasteiger partial charge >= 0.3 is 0 Å². The molecule has 0 bridgehead atoms. The summed E-state index contributed by atoms with van der Waals surface area (Å²) in [6.07, 6.45) is -0.839. The van der Waals surface area contributed by atoms with Gasteiger partial charge in [-0.3, -0.25) is 0 Å². The van der Waals surface area contributed by atoms with Gasteiger partial charge in [-0.25, -0.2) is 8.42 Å². The number of carboxylic acid groups (broad SMARTS) is 2. The monoisotopic (exact) mass is 234 g/mol. The Morgan fingerprint density at radius 1 is 1.00 bits per heavy atom. The number of carbonyl (C=O) groups excluding carboxylic acids is 2. The lowest BCUT2D eigenvalue weighted by Gasteiger charge is -2.18. The summed E-state index contributed by atoms with van der Waals surface area (Å²) in [6.45, 7) is 0. The van der Waals surface area contributed by atoms with Crippen LogP contribution < -0.4 is 10.2 Å². The van der Waals surface area contributed by atoms with Crippen LogP contribution in [-0.2, 0) is 19.4 Å². The van der Waals surface area contributed by atoms with Gasteiger partial charge in [-0.1, -0.05) is 0 Å². The van der Waals surface area contributed by atoms with E-state index in [9.17, 15) is 28.2 Å². The molecule has 0 amide bonds. The molecule has 1 saturated heterocycles. The number of carbonyl (C=O) groups is 2. The normalized spacial score (nSPS) is 28.8. The fourth-order valence-electron chi connectivity index (χ4n) is 1.87. The second kappa shape index (κ2) is 4.18. The molecule has 1 heterocycles. The topological polar surface area (TPSA) is 114 Å². The molecule has 0 saturated carbocycles. The molecule has 1 rings (SSSR count). The van der Waals surface area contributed by atoms with E-state index < -0.39 is 46.5 Å². The van der Waals surface area contributed by atoms with Crippen molar-refractivity contribution in [1.82, 2.24) is 0 Å². The van der Waals surface area contributed by atoms with E-state index in [1.54, 1.807) is 0 Å². The lowest BCUT2D eigenvalue weighted by molar-refractivity contribution is -0.310. The highest BCUT2D eigenvalue weighted by Gasteiger charge is 2.37. The number of aliphatic carboxylic acids is 2. The Labute approximate surface area is 86.8 Å². The molecule has 1 aliphatic rings. The fourth-order valence-corrected chi connectivity index (χ4v) is 4.09. The summed E-state index contributed by atoms with van der Waals surface area (Å²) >= 11 is 0. The summed E-state index contributed by atoms with van der Waals surface area (Å²) in [6, 6.07) is 0. The zero-order valence-corrected chi connectivity index (χ0v) is 8.66. The van der Waals surface area contributed by atoms with Crippen molar-refractivity contribution in [3.05, 3.63) is 0 Å². The molecule has 0 spiro atoms. The minimum Gasteiger partial charge on any atom is -0.550 e. The highest BCUT2D eigenvalue weighted by Crippen LogP contribution is 2.30. The van der Waals surface area contributed by atoms with Crippen molar-refractivity contribution in [3.8, 4) is 0 Å². The number of hydrogen-bond acceptors (Lipinski definition) is 6. The molecule has 0 aromatic carbocycles. The SMILES string of the molecule is O=C([O-])CC1CS(=O)(=O)CC1CC(=O)[O-]. The second-order valence-corrected chi connectivity index (χ2v) is 5.90. The maximum atomic E-state index is 11.2. The molecule has 2 unspecified atom stereocenters. The van der Waals surface area contributed by atoms with E-state index in [1.165, 1.54) is 0 Å². The molecule has 2 atom stereocenters. The number of sulfone groups is 1. The zero-order chi connectivity index (χ0) is 11.6. The van der Waals surface area contributed by atoms with E-state index in [0.29, 0.717) is 0 Å². The third-order valence-corrected chi connectivity index (χ3v) is 4.33. The van der Waals surface area contributed by atoms with Crippen molar-refractivity contribution in [2.75, 3.05) is 11.5 Å². The molecule has 0 N–H and O–H groups in total. The molecular weight excluding hydrogens is 224 g/mol. The number of hydrogen-bond donors (Lipinski definition) is 0. The minimum absolute atomic E-state index is 0.279. The molecule has 0 aliphatic carbocycles. The van der Waals surface area contributed by atoms with Crippen molar-refractivity contribution in [2.24, 2.45) is 11.8 Å². The maximum absolute atomic E-state index is 11.2. The molecule has 0 aromatic heterocycles. The first-order valence-electron chi connectivity index (χ1n) is 4.40. The molecule has 0 aromatic rings.